The maximum Gasteiger partial charge on any atom is 0.338 e. The minimum absolute atomic E-state index is 0. The van der Waals surface area contributed by atoms with Crippen LogP contribution in [0.25, 0.3) is 11.7 Å². The van der Waals surface area contributed by atoms with Gasteiger partial charge in [-0.1, -0.05) is 17.8 Å². The van der Waals surface area contributed by atoms with Crippen LogP contribution in [-0.2, 0) is 9.53 Å². The maximum atomic E-state index is 12.9. The molecule has 38 heavy (non-hydrogen) atoms. The number of hydrogen-bond donors (Lipinski definition) is 1. The zero-order valence-corrected chi connectivity index (χ0v) is 23.6. The molecule has 0 saturated carbocycles. The Kier molecular flexibility index (Phi) is 10.9. The SMILES string of the molecule is CCOC(=O)c1ccc(OCCCN2CCC(NC(=O)C3=Cc4cnc5cccc(n45)S3)CC2)cc1.Cl.Cl. The van der Waals surface area contributed by atoms with Gasteiger partial charge in [-0.15, -0.1) is 24.8 Å². The molecule has 11 heteroatoms. The van der Waals surface area contributed by atoms with E-state index in [9.17, 15) is 9.59 Å². The zero-order chi connectivity index (χ0) is 24.9. The molecule has 204 valence electrons. The highest BCUT2D eigenvalue weighted by molar-refractivity contribution is 8.04. The third kappa shape index (κ3) is 7.02. The summed E-state index contributed by atoms with van der Waals surface area (Å²) in [6, 6.07) is 13.2. The van der Waals surface area contributed by atoms with Crippen molar-refractivity contribution in [1.29, 1.82) is 0 Å². The number of rotatable bonds is 9. The number of nitrogens with zero attached hydrogens (tertiary/aromatic N) is 3. The largest absolute Gasteiger partial charge is 0.494 e. The van der Waals surface area contributed by atoms with Crippen molar-refractivity contribution in [3.8, 4) is 5.75 Å². The highest BCUT2D eigenvalue weighted by Gasteiger charge is 2.24. The van der Waals surface area contributed by atoms with Gasteiger partial charge in [0.1, 0.15) is 11.4 Å². The van der Waals surface area contributed by atoms with E-state index in [-0.39, 0.29) is 42.7 Å². The number of likely N-dealkylation sites (tertiary alicyclic amines) is 1. The summed E-state index contributed by atoms with van der Waals surface area (Å²) in [5.41, 5.74) is 2.37. The van der Waals surface area contributed by atoms with Crippen molar-refractivity contribution in [3.05, 3.63) is 64.8 Å². The van der Waals surface area contributed by atoms with Gasteiger partial charge in [0.2, 0.25) is 0 Å². The molecule has 0 aliphatic carbocycles. The summed E-state index contributed by atoms with van der Waals surface area (Å²) in [6.45, 7) is 5.64. The molecule has 8 nitrogen and oxygen atoms in total. The van der Waals surface area contributed by atoms with Crippen molar-refractivity contribution in [1.82, 2.24) is 19.6 Å². The summed E-state index contributed by atoms with van der Waals surface area (Å²) in [6.07, 6.45) is 6.53. The Morgan fingerprint density at radius 1 is 1.11 bits per heavy atom. The smallest absolute Gasteiger partial charge is 0.338 e. The number of piperidine rings is 1. The van der Waals surface area contributed by atoms with Gasteiger partial charge in [0, 0.05) is 25.7 Å². The zero-order valence-electron chi connectivity index (χ0n) is 21.1. The lowest BCUT2D eigenvalue weighted by Crippen LogP contribution is -2.45. The molecule has 1 fully saturated rings. The fourth-order valence-electron chi connectivity index (χ4n) is 4.54. The first-order valence-corrected chi connectivity index (χ1v) is 13.2. The van der Waals surface area contributed by atoms with E-state index < -0.39 is 0 Å². The van der Waals surface area contributed by atoms with Gasteiger partial charge in [-0.25, -0.2) is 9.78 Å². The summed E-state index contributed by atoms with van der Waals surface area (Å²) in [5.74, 6) is 0.423. The van der Waals surface area contributed by atoms with Crippen LogP contribution in [0.4, 0.5) is 0 Å². The van der Waals surface area contributed by atoms with Crippen molar-refractivity contribution in [2.75, 3.05) is 32.8 Å². The number of amides is 1. The van der Waals surface area contributed by atoms with E-state index in [2.05, 4.69) is 19.6 Å². The van der Waals surface area contributed by atoms with Gasteiger partial charge < -0.3 is 19.7 Å². The summed E-state index contributed by atoms with van der Waals surface area (Å²) in [4.78, 5) is 32.2. The predicted molar refractivity (Wildman–Crippen MR) is 154 cm³/mol. The number of benzene rings is 1. The quantitative estimate of drug-likeness (QED) is 0.287. The highest BCUT2D eigenvalue weighted by atomic mass is 35.5. The molecule has 0 atom stereocenters. The first-order chi connectivity index (χ1) is 17.6. The van der Waals surface area contributed by atoms with Crippen LogP contribution >= 0.6 is 36.6 Å². The topological polar surface area (TPSA) is 85.2 Å². The molecule has 4 heterocycles. The van der Waals surface area contributed by atoms with E-state index in [0.717, 1.165) is 61.0 Å². The van der Waals surface area contributed by atoms with Crippen LogP contribution in [0.1, 0.15) is 42.2 Å². The minimum Gasteiger partial charge on any atom is -0.494 e. The van der Waals surface area contributed by atoms with Gasteiger partial charge in [-0.3, -0.25) is 9.20 Å². The van der Waals surface area contributed by atoms with Gasteiger partial charge in [0.05, 0.1) is 40.6 Å². The molecule has 1 amide bonds. The Labute approximate surface area is 239 Å². The third-order valence-corrected chi connectivity index (χ3v) is 7.46. The Balaban J connectivity index is 0.00000200. The molecule has 2 aliphatic rings. The minimum atomic E-state index is -0.317. The van der Waals surface area contributed by atoms with Crippen molar-refractivity contribution in [2.24, 2.45) is 0 Å². The number of nitrogens with one attached hydrogen (secondary N) is 1. The van der Waals surface area contributed by atoms with E-state index in [0.29, 0.717) is 23.7 Å². The van der Waals surface area contributed by atoms with E-state index >= 15 is 0 Å². The number of aromatic nitrogens is 2. The molecule has 0 bridgehead atoms. The average Bonchev–Trinajstić information content (AvgIpc) is 3.32. The predicted octanol–water partition coefficient (Wildman–Crippen LogP) is 4.85. The molecular formula is C27H32Cl2N4O4S. The van der Waals surface area contributed by atoms with Crippen LogP contribution < -0.4 is 10.1 Å². The van der Waals surface area contributed by atoms with Gasteiger partial charge in [0.15, 0.2) is 0 Å². The first-order valence-electron chi connectivity index (χ1n) is 12.4. The maximum absolute atomic E-state index is 12.9. The van der Waals surface area contributed by atoms with Crippen LogP contribution in [0.3, 0.4) is 0 Å². The number of thioether (sulfide) groups is 1. The Hall–Kier alpha value is -2.72. The number of imidazole rings is 1. The fourth-order valence-corrected chi connectivity index (χ4v) is 5.53. The van der Waals surface area contributed by atoms with E-state index in [1.54, 1.807) is 31.2 Å². The lowest BCUT2D eigenvalue weighted by Gasteiger charge is -2.32. The molecule has 1 aromatic carbocycles. The monoisotopic (exact) mass is 578 g/mol. The highest BCUT2D eigenvalue weighted by Crippen LogP contribution is 2.34. The molecule has 5 rings (SSSR count). The van der Waals surface area contributed by atoms with Gasteiger partial charge >= 0.3 is 5.97 Å². The van der Waals surface area contributed by atoms with Crippen LogP contribution in [0.2, 0.25) is 0 Å². The summed E-state index contributed by atoms with van der Waals surface area (Å²) in [5, 5.41) is 4.24. The summed E-state index contributed by atoms with van der Waals surface area (Å²) >= 11 is 1.49. The summed E-state index contributed by atoms with van der Waals surface area (Å²) < 4.78 is 12.9. The average molecular weight is 580 g/mol. The number of esters is 1. The van der Waals surface area contributed by atoms with E-state index in [1.807, 2.05) is 30.5 Å². The first kappa shape index (κ1) is 29.8. The van der Waals surface area contributed by atoms with Gasteiger partial charge in [0.25, 0.3) is 5.91 Å². The van der Waals surface area contributed by atoms with Crippen molar-refractivity contribution >= 4 is 60.2 Å². The number of carbonyl (C=O) groups is 2. The number of carbonyl (C=O) groups excluding carboxylic acids is 2. The molecule has 3 aromatic rings. The molecule has 1 saturated heterocycles. The van der Waals surface area contributed by atoms with E-state index in [4.69, 9.17) is 9.47 Å². The Morgan fingerprint density at radius 3 is 2.61 bits per heavy atom. The molecule has 2 aromatic heterocycles. The van der Waals surface area contributed by atoms with Gasteiger partial charge in [-0.2, -0.15) is 0 Å². The Bertz CT molecular complexity index is 1270. The molecule has 2 aliphatic heterocycles. The number of halogens is 2. The number of ether oxygens (including phenoxy) is 2. The lowest BCUT2D eigenvalue weighted by molar-refractivity contribution is -0.117. The van der Waals surface area contributed by atoms with Gasteiger partial charge in [-0.05, 0) is 68.7 Å². The molecule has 0 spiro atoms. The lowest BCUT2D eigenvalue weighted by atomic mass is 10.0. The van der Waals surface area contributed by atoms with Crippen molar-refractivity contribution < 1.29 is 19.1 Å². The van der Waals surface area contributed by atoms with Crippen molar-refractivity contribution in [2.45, 2.75) is 37.3 Å². The fraction of sp³-hybridized carbons (Fsp3) is 0.370. The standard InChI is InChI=1S/C27H30N4O4S.2ClH/c1-2-34-27(33)19-7-9-22(10-8-19)35-16-4-13-30-14-11-20(12-15-30)29-26(32)23-17-21-18-28-24-5-3-6-25(36-23)31(21)24;;/h3,5-10,17-18,20H,2,4,11-16H2,1H3,(H,29,32);2*1H. The summed E-state index contributed by atoms with van der Waals surface area (Å²) in [7, 11) is 0. The van der Waals surface area contributed by atoms with Crippen LogP contribution in [-0.4, -0.2) is 65.1 Å². The van der Waals surface area contributed by atoms with Crippen LogP contribution in [0.15, 0.2) is 58.6 Å². The second-order valence-corrected chi connectivity index (χ2v) is 9.95. The van der Waals surface area contributed by atoms with Crippen molar-refractivity contribution in [3.63, 3.8) is 0 Å². The Morgan fingerprint density at radius 2 is 1.87 bits per heavy atom. The second-order valence-electron chi connectivity index (χ2n) is 8.89. The molecule has 0 radical (unpaired) electrons. The number of hydrogen-bond acceptors (Lipinski definition) is 7. The second kappa shape index (κ2) is 13.9. The van der Waals surface area contributed by atoms with Crippen LogP contribution in [0.5, 0.6) is 5.75 Å². The third-order valence-electron chi connectivity index (χ3n) is 6.41. The molecular weight excluding hydrogens is 547 g/mol. The molecule has 0 unspecified atom stereocenters. The number of pyridine rings is 1. The normalized spacial score (nSPS) is 15.1. The molecule has 1 N–H and O–H groups in total. The van der Waals surface area contributed by atoms with Crippen LogP contribution in [0, 0.1) is 0 Å². The van der Waals surface area contributed by atoms with E-state index in [1.165, 1.54) is 11.8 Å².